The van der Waals surface area contributed by atoms with Crippen LogP contribution in [-0.2, 0) is 6.42 Å². The third kappa shape index (κ3) is 3.25. The average Bonchev–Trinajstić information content (AvgIpc) is 2.50. The van der Waals surface area contributed by atoms with Crippen molar-refractivity contribution < 1.29 is 4.74 Å². The zero-order chi connectivity index (χ0) is 14.8. The minimum absolute atomic E-state index is 0.0213. The number of para-hydroxylation sites is 1. The molecule has 1 aliphatic rings. The first-order valence-electron chi connectivity index (χ1n) is 7.33. The highest BCUT2D eigenvalue weighted by Gasteiger charge is 2.25. The van der Waals surface area contributed by atoms with Crippen molar-refractivity contribution in [2.75, 3.05) is 5.75 Å². The highest BCUT2D eigenvalue weighted by atomic mass is 32.2. The standard InChI is InChI=1S/C18H21NOS/c1-12-7-8-14(9-13(12)2)10-15(19)17-11-21-18-6-4-3-5-16(18)20-17/h3-9,15,17H,10-11,19H2,1-2H3. The van der Waals surface area contributed by atoms with Gasteiger partial charge in [-0.15, -0.1) is 11.8 Å². The molecule has 21 heavy (non-hydrogen) atoms. The zero-order valence-electron chi connectivity index (χ0n) is 12.5. The first-order chi connectivity index (χ1) is 10.1. The molecule has 0 amide bonds. The molecule has 2 atom stereocenters. The maximum absolute atomic E-state index is 6.39. The summed E-state index contributed by atoms with van der Waals surface area (Å²) in [6.45, 7) is 4.28. The summed E-state index contributed by atoms with van der Waals surface area (Å²) in [4.78, 5) is 1.21. The Morgan fingerprint density at radius 3 is 2.81 bits per heavy atom. The van der Waals surface area contributed by atoms with E-state index in [1.165, 1.54) is 21.6 Å². The fourth-order valence-electron chi connectivity index (χ4n) is 2.58. The average molecular weight is 299 g/mol. The van der Waals surface area contributed by atoms with Gasteiger partial charge in [0.1, 0.15) is 11.9 Å². The van der Waals surface area contributed by atoms with E-state index in [1.54, 1.807) is 0 Å². The van der Waals surface area contributed by atoms with Crippen LogP contribution in [0.5, 0.6) is 5.75 Å². The second-order valence-electron chi connectivity index (χ2n) is 5.70. The summed E-state index contributed by atoms with van der Waals surface area (Å²) >= 11 is 1.84. The van der Waals surface area contributed by atoms with Crippen LogP contribution in [0.15, 0.2) is 47.4 Å². The minimum Gasteiger partial charge on any atom is -0.487 e. The van der Waals surface area contributed by atoms with E-state index >= 15 is 0 Å². The smallest absolute Gasteiger partial charge is 0.133 e. The number of rotatable bonds is 3. The fraction of sp³-hybridized carbons (Fsp3) is 0.333. The van der Waals surface area contributed by atoms with Crippen molar-refractivity contribution in [3.8, 4) is 5.75 Å². The molecule has 0 spiro atoms. The van der Waals surface area contributed by atoms with E-state index in [9.17, 15) is 0 Å². The Hall–Kier alpha value is -1.45. The number of hydrogen-bond donors (Lipinski definition) is 1. The van der Waals surface area contributed by atoms with E-state index in [-0.39, 0.29) is 12.1 Å². The van der Waals surface area contributed by atoms with Crippen LogP contribution in [0.3, 0.4) is 0 Å². The van der Waals surface area contributed by atoms with Crippen molar-refractivity contribution in [3.05, 3.63) is 59.2 Å². The molecule has 2 N–H and O–H groups in total. The van der Waals surface area contributed by atoms with E-state index in [1.807, 2.05) is 30.0 Å². The molecule has 2 aromatic carbocycles. The molecular weight excluding hydrogens is 278 g/mol. The molecule has 0 aromatic heterocycles. The number of fused-ring (bicyclic) bond motifs is 1. The number of nitrogens with two attached hydrogens (primary N) is 1. The second-order valence-corrected chi connectivity index (χ2v) is 6.76. The molecule has 3 heteroatoms. The molecule has 0 fully saturated rings. The van der Waals surface area contributed by atoms with Crippen molar-refractivity contribution in [2.45, 2.75) is 37.3 Å². The van der Waals surface area contributed by atoms with Crippen LogP contribution < -0.4 is 10.5 Å². The molecule has 110 valence electrons. The number of benzene rings is 2. The third-order valence-corrected chi connectivity index (χ3v) is 5.19. The van der Waals surface area contributed by atoms with Gasteiger partial charge in [0.2, 0.25) is 0 Å². The molecule has 2 unspecified atom stereocenters. The zero-order valence-corrected chi connectivity index (χ0v) is 13.3. The topological polar surface area (TPSA) is 35.2 Å². The van der Waals surface area contributed by atoms with Gasteiger partial charge >= 0.3 is 0 Å². The lowest BCUT2D eigenvalue weighted by molar-refractivity contribution is 0.184. The van der Waals surface area contributed by atoms with Gasteiger partial charge in [-0.2, -0.15) is 0 Å². The van der Waals surface area contributed by atoms with Gasteiger partial charge in [-0.05, 0) is 49.1 Å². The molecule has 0 bridgehead atoms. The van der Waals surface area contributed by atoms with Crippen molar-refractivity contribution in [1.29, 1.82) is 0 Å². The number of aryl methyl sites for hydroxylation is 2. The quantitative estimate of drug-likeness (QED) is 0.938. The summed E-state index contributed by atoms with van der Waals surface area (Å²) in [6.07, 6.45) is 0.931. The second kappa shape index (κ2) is 6.12. The molecule has 2 aromatic rings. The van der Waals surface area contributed by atoms with Crippen LogP contribution in [0, 0.1) is 13.8 Å². The van der Waals surface area contributed by atoms with Gasteiger partial charge in [0, 0.05) is 16.7 Å². The summed E-state index contributed by atoms with van der Waals surface area (Å²) in [5.74, 6) is 1.89. The van der Waals surface area contributed by atoms with Crippen LogP contribution in [0.1, 0.15) is 16.7 Å². The lowest BCUT2D eigenvalue weighted by atomic mass is 9.99. The molecule has 3 rings (SSSR count). The summed E-state index contributed by atoms with van der Waals surface area (Å²) in [5.41, 5.74) is 10.3. The predicted octanol–water partition coefficient (Wildman–Crippen LogP) is 3.73. The molecule has 0 aliphatic carbocycles. The van der Waals surface area contributed by atoms with Crippen LogP contribution in [0.2, 0.25) is 0 Å². The highest BCUT2D eigenvalue weighted by molar-refractivity contribution is 7.99. The summed E-state index contributed by atoms with van der Waals surface area (Å²) in [7, 11) is 0. The Labute approximate surface area is 130 Å². The van der Waals surface area contributed by atoms with E-state index < -0.39 is 0 Å². The molecule has 0 saturated heterocycles. The van der Waals surface area contributed by atoms with Crippen molar-refractivity contribution in [1.82, 2.24) is 0 Å². The Kier molecular flexibility index (Phi) is 4.22. The van der Waals surface area contributed by atoms with Gasteiger partial charge in [0.05, 0.1) is 0 Å². The monoisotopic (exact) mass is 299 g/mol. The number of hydrogen-bond acceptors (Lipinski definition) is 3. The van der Waals surface area contributed by atoms with Gasteiger partial charge in [0.15, 0.2) is 0 Å². The first-order valence-corrected chi connectivity index (χ1v) is 8.32. The van der Waals surface area contributed by atoms with Crippen LogP contribution in [-0.4, -0.2) is 17.9 Å². The van der Waals surface area contributed by atoms with Gasteiger partial charge in [-0.3, -0.25) is 0 Å². The van der Waals surface area contributed by atoms with Gasteiger partial charge in [0.25, 0.3) is 0 Å². The normalized spacial score (nSPS) is 18.7. The minimum atomic E-state index is 0.0213. The van der Waals surface area contributed by atoms with Crippen LogP contribution in [0.4, 0.5) is 0 Å². The van der Waals surface area contributed by atoms with Gasteiger partial charge in [-0.1, -0.05) is 30.3 Å². The van der Waals surface area contributed by atoms with E-state index in [2.05, 4.69) is 38.1 Å². The van der Waals surface area contributed by atoms with Crippen LogP contribution >= 0.6 is 11.8 Å². The summed E-state index contributed by atoms with van der Waals surface area (Å²) in [6, 6.07) is 14.8. The summed E-state index contributed by atoms with van der Waals surface area (Å²) < 4.78 is 6.07. The Morgan fingerprint density at radius 2 is 2.00 bits per heavy atom. The summed E-state index contributed by atoms with van der Waals surface area (Å²) in [5, 5.41) is 0. The molecule has 0 saturated carbocycles. The predicted molar refractivity (Wildman–Crippen MR) is 89.2 cm³/mol. The van der Waals surface area contributed by atoms with E-state index in [0.717, 1.165) is 17.9 Å². The lowest BCUT2D eigenvalue weighted by Gasteiger charge is -2.30. The molecule has 0 radical (unpaired) electrons. The maximum atomic E-state index is 6.39. The maximum Gasteiger partial charge on any atom is 0.133 e. The van der Waals surface area contributed by atoms with Crippen LogP contribution in [0.25, 0.3) is 0 Å². The highest BCUT2D eigenvalue weighted by Crippen LogP contribution is 2.35. The first kappa shape index (κ1) is 14.5. The van der Waals surface area contributed by atoms with Gasteiger partial charge < -0.3 is 10.5 Å². The molecule has 2 nitrogen and oxygen atoms in total. The lowest BCUT2D eigenvalue weighted by Crippen LogP contribution is -2.43. The molecule has 1 aliphatic heterocycles. The number of thioether (sulfide) groups is 1. The molecule has 1 heterocycles. The largest absolute Gasteiger partial charge is 0.487 e. The van der Waals surface area contributed by atoms with E-state index in [0.29, 0.717) is 0 Å². The third-order valence-electron chi connectivity index (χ3n) is 4.05. The number of ether oxygens (including phenoxy) is 1. The van der Waals surface area contributed by atoms with Gasteiger partial charge in [-0.25, -0.2) is 0 Å². The van der Waals surface area contributed by atoms with Crippen molar-refractivity contribution in [2.24, 2.45) is 5.73 Å². The molecular formula is C18H21NOS. The fourth-order valence-corrected chi connectivity index (χ4v) is 3.67. The van der Waals surface area contributed by atoms with Crippen molar-refractivity contribution in [3.63, 3.8) is 0 Å². The SMILES string of the molecule is Cc1ccc(CC(N)C2CSc3ccccc3O2)cc1C. The van der Waals surface area contributed by atoms with Crippen molar-refractivity contribution >= 4 is 11.8 Å². The Morgan fingerprint density at radius 1 is 1.19 bits per heavy atom. The Bertz CT molecular complexity index is 641. The van der Waals surface area contributed by atoms with E-state index in [4.69, 9.17) is 10.5 Å². The Balaban J connectivity index is 1.69.